The van der Waals surface area contributed by atoms with Crippen LogP contribution in [0.2, 0.25) is 0 Å². The van der Waals surface area contributed by atoms with Crippen LogP contribution < -0.4 is 0 Å². The Morgan fingerprint density at radius 3 is 2.72 bits per heavy atom. The lowest BCUT2D eigenvalue weighted by Crippen LogP contribution is -2.01. The number of rotatable bonds is 0. The molecule has 0 atom stereocenters. The highest BCUT2D eigenvalue weighted by atomic mass is 14.3. The van der Waals surface area contributed by atoms with Gasteiger partial charge in [0.25, 0.3) is 0 Å². The molecule has 4 rings (SSSR count). The fraction of sp³-hybridized carbons (Fsp3) is 0.222. The molecule has 0 aromatic rings. The van der Waals surface area contributed by atoms with Crippen molar-refractivity contribution in [1.82, 2.24) is 0 Å². The second-order valence-electron chi connectivity index (χ2n) is 5.22. The molecule has 0 radical (unpaired) electrons. The van der Waals surface area contributed by atoms with Crippen molar-refractivity contribution in [2.75, 3.05) is 0 Å². The second-order valence-corrected chi connectivity index (χ2v) is 5.22. The van der Waals surface area contributed by atoms with Gasteiger partial charge in [-0.2, -0.15) is 0 Å². The van der Waals surface area contributed by atoms with E-state index in [9.17, 15) is 0 Å². The Labute approximate surface area is 108 Å². The molecule has 0 nitrogen and oxygen atoms in total. The molecule has 4 aliphatic carbocycles. The zero-order chi connectivity index (χ0) is 11.9. The molecule has 0 unspecified atom stereocenters. The van der Waals surface area contributed by atoms with E-state index in [0.29, 0.717) is 0 Å². The van der Waals surface area contributed by atoms with Crippen LogP contribution in [-0.2, 0) is 0 Å². The molecule has 0 amide bonds. The van der Waals surface area contributed by atoms with E-state index in [2.05, 4.69) is 48.6 Å². The van der Waals surface area contributed by atoms with Gasteiger partial charge in [-0.15, -0.1) is 0 Å². The van der Waals surface area contributed by atoms with E-state index < -0.39 is 0 Å². The quantitative estimate of drug-likeness (QED) is 0.530. The highest BCUT2D eigenvalue weighted by Gasteiger charge is 2.30. The molecule has 0 aromatic carbocycles. The summed E-state index contributed by atoms with van der Waals surface area (Å²) < 4.78 is 0. The third kappa shape index (κ3) is 1.32. The molecule has 0 aliphatic heterocycles. The van der Waals surface area contributed by atoms with Crippen LogP contribution in [0.25, 0.3) is 0 Å². The van der Waals surface area contributed by atoms with Crippen LogP contribution in [0.15, 0.2) is 82.0 Å². The molecule has 0 N–H and O–H groups in total. The first-order chi connectivity index (χ1) is 8.95. The van der Waals surface area contributed by atoms with Gasteiger partial charge in [0.05, 0.1) is 0 Å². The normalized spacial score (nSPS) is 29.1. The molecule has 0 saturated carbocycles. The number of hydrogen-bond donors (Lipinski definition) is 0. The summed E-state index contributed by atoms with van der Waals surface area (Å²) in [6, 6.07) is 0. The second kappa shape index (κ2) is 3.84. The van der Waals surface area contributed by atoms with E-state index in [-0.39, 0.29) is 0 Å². The summed E-state index contributed by atoms with van der Waals surface area (Å²) in [6.07, 6.45) is 22.8. The molecular weight excluding hydrogens is 216 g/mol. The van der Waals surface area contributed by atoms with Crippen LogP contribution in [0.3, 0.4) is 0 Å². The van der Waals surface area contributed by atoms with Gasteiger partial charge in [0.15, 0.2) is 0 Å². The lowest BCUT2D eigenvalue weighted by atomic mass is 9.85. The van der Waals surface area contributed by atoms with E-state index in [4.69, 9.17) is 0 Å². The van der Waals surface area contributed by atoms with E-state index in [0.717, 1.165) is 12.8 Å². The van der Waals surface area contributed by atoms with Gasteiger partial charge in [-0.05, 0) is 59.1 Å². The van der Waals surface area contributed by atoms with Gasteiger partial charge in [-0.3, -0.25) is 0 Å². The summed E-state index contributed by atoms with van der Waals surface area (Å²) in [7, 11) is 0. The topological polar surface area (TPSA) is 0 Å². The van der Waals surface area contributed by atoms with Crippen LogP contribution in [0, 0.1) is 0 Å². The van der Waals surface area contributed by atoms with Gasteiger partial charge >= 0.3 is 0 Å². The van der Waals surface area contributed by atoms with Crippen molar-refractivity contribution in [2.24, 2.45) is 0 Å². The molecule has 0 spiro atoms. The smallest absolute Gasteiger partial charge is 0.00764 e. The Kier molecular flexibility index (Phi) is 2.16. The standard InChI is InChI=1S/C18H16/c1-2-7-13-8-6-12-17-15-10-5-4-9-14(15)16(11-3-1)18(13)17/h1-5,7,11-12H,6,8-10H2/b2-1-,3-1?,7-2?,11-3?,13-7-,16-11?. The molecule has 88 valence electrons. The maximum atomic E-state index is 2.45. The first kappa shape index (κ1) is 10.1. The van der Waals surface area contributed by atoms with Crippen molar-refractivity contribution < 1.29 is 0 Å². The van der Waals surface area contributed by atoms with E-state index in [1.165, 1.54) is 35.1 Å². The Hall–Kier alpha value is -1.82. The molecule has 0 saturated heterocycles. The van der Waals surface area contributed by atoms with E-state index in [1.807, 2.05) is 0 Å². The number of hydrogen-bond acceptors (Lipinski definition) is 0. The predicted octanol–water partition coefficient (Wildman–Crippen LogP) is 4.72. The molecule has 18 heavy (non-hydrogen) atoms. The highest BCUT2D eigenvalue weighted by molar-refractivity contribution is 5.75. The first-order valence-electron chi connectivity index (χ1n) is 6.82. The zero-order valence-electron chi connectivity index (χ0n) is 10.4. The molecule has 0 aromatic heterocycles. The summed E-state index contributed by atoms with van der Waals surface area (Å²) in [4.78, 5) is 0. The van der Waals surface area contributed by atoms with Crippen molar-refractivity contribution in [3.8, 4) is 0 Å². The average molecular weight is 232 g/mol. The van der Waals surface area contributed by atoms with Gasteiger partial charge in [-0.25, -0.2) is 0 Å². The fourth-order valence-corrected chi connectivity index (χ4v) is 3.45. The monoisotopic (exact) mass is 232 g/mol. The minimum atomic E-state index is 1.10. The Morgan fingerprint density at radius 1 is 0.889 bits per heavy atom. The largest absolute Gasteiger partial charge is 0.0838 e. The summed E-state index contributed by atoms with van der Waals surface area (Å²) in [5.41, 5.74) is 9.21. The third-order valence-electron chi connectivity index (χ3n) is 4.23. The van der Waals surface area contributed by atoms with Crippen molar-refractivity contribution >= 4 is 0 Å². The van der Waals surface area contributed by atoms with Crippen LogP contribution in [0.4, 0.5) is 0 Å². The maximum absolute atomic E-state index is 2.45. The van der Waals surface area contributed by atoms with Gasteiger partial charge in [0.2, 0.25) is 0 Å². The Bertz CT molecular complexity index is 625. The third-order valence-corrected chi connectivity index (χ3v) is 4.23. The average Bonchev–Trinajstić information content (AvgIpc) is 2.70. The molecule has 0 bridgehead atoms. The minimum absolute atomic E-state index is 1.10. The number of allylic oxidation sites excluding steroid dienone is 14. The van der Waals surface area contributed by atoms with Crippen molar-refractivity contribution in [2.45, 2.75) is 25.7 Å². The van der Waals surface area contributed by atoms with Crippen molar-refractivity contribution in [3.63, 3.8) is 0 Å². The molecule has 0 heterocycles. The highest BCUT2D eigenvalue weighted by Crippen LogP contribution is 2.48. The molecule has 0 heteroatoms. The molecule has 0 fully saturated rings. The van der Waals surface area contributed by atoms with Crippen molar-refractivity contribution in [3.05, 3.63) is 82.0 Å². The lowest BCUT2D eigenvalue weighted by molar-refractivity contribution is 0.945. The summed E-state index contributed by atoms with van der Waals surface area (Å²) in [5.74, 6) is 0. The minimum Gasteiger partial charge on any atom is -0.0838 e. The van der Waals surface area contributed by atoms with Crippen LogP contribution in [-0.4, -0.2) is 0 Å². The van der Waals surface area contributed by atoms with Gasteiger partial charge in [0.1, 0.15) is 0 Å². The zero-order valence-corrected chi connectivity index (χ0v) is 10.4. The first-order valence-corrected chi connectivity index (χ1v) is 6.82. The van der Waals surface area contributed by atoms with Crippen LogP contribution in [0.5, 0.6) is 0 Å². The predicted molar refractivity (Wildman–Crippen MR) is 76.1 cm³/mol. The maximum Gasteiger partial charge on any atom is -0.00764 e. The van der Waals surface area contributed by atoms with Gasteiger partial charge < -0.3 is 0 Å². The SMILES string of the molecule is C1=CC2=C3C(=CCC/C3=C/C=C\1)C1=C2CC=CC1. The van der Waals surface area contributed by atoms with E-state index >= 15 is 0 Å². The van der Waals surface area contributed by atoms with Crippen molar-refractivity contribution in [1.29, 1.82) is 0 Å². The summed E-state index contributed by atoms with van der Waals surface area (Å²) in [5, 5.41) is 0. The van der Waals surface area contributed by atoms with Crippen LogP contribution in [0.1, 0.15) is 25.7 Å². The fourth-order valence-electron chi connectivity index (χ4n) is 3.45. The Morgan fingerprint density at radius 2 is 1.78 bits per heavy atom. The number of fused-ring (bicyclic) bond motifs is 2. The van der Waals surface area contributed by atoms with E-state index in [1.54, 1.807) is 11.1 Å². The van der Waals surface area contributed by atoms with Gasteiger partial charge in [-0.1, -0.05) is 48.6 Å². The summed E-state index contributed by atoms with van der Waals surface area (Å²) >= 11 is 0. The van der Waals surface area contributed by atoms with Gasteiger partial charge in [0, 0.05) is 0 Å². The molecular formula is C18H16. The lowest BCUT2D eigenvalue weighted by Gasteiger charge is -2.19. The molecule has 4 aliphatic rings. The summed E-state index contributed by atoms with van der Waals surface area (Å²) in [6.45, 7) is 0. The Balaban J connectivity index is 1.97. The van der Waals surface area contributed by atoms with Crippen LogP contribution >= 0.6 is 0 Å².